The van der Waals surface area contributed by atoms with E-state index in [1.807, 2.05) is 0 Å². The Morgan fingerprint density at radius 2 is 1.71 bits per heavy atom. The predicted molar refractivity (Wildman–Crippen MR) is 72.0 cm³/mol. The van der Waals surface area contributed by atoms with E-state index >= 15 is 0 Å². The molecule has 0 radical (unpaired) electrons. The Morgan fingerprint density at radius 3 is 2.18 bits per heavy atom. The van der Waals surface area contributed by atoms with Gasteiger partial charge in [0.25, 0.3) is 0 Å². The summed E-state index contributed by atoms with van der Waals surface area (Å²) in [4.78, 5) is 14.5. The minimum atomic E-state index is -0.283. The molecule has 0 unspecified atom stereocenters. The Labute approximate surface area is 106 Å². The smallest absolute Gasteiger partial charge is 0.229 e. The molecule has 0 aliphatic carbocycles. The molecule has 0 aromatic carbocycles. The van der Waals surface area contributed by atoms with Crippen molar-refractivity contribution in [1.29, 1.82) is 0 Å². The lowest BCUT2D eigenvalue weighted by molar-refractivity contribution is -0.140. The molecule has 1 aliphatic rings. The first-order chi connectivity index (χ1) is 7.93. The van der Waals surface area contributed by atoms with Gasteiger partial charge >= 0.3 is 0 Å². The van der Waals surface area contributed by atoms with E-state index in [9.17, 15) is 4.79 Å². The van der Waals surface area contributed by atoms with Gasteiger partial charge in [-0.15, -0.1) is 0 Å². The second kappa shape index (κ2) is 6.39. The van der Waals surface area contributed by atoms with Gasteiger partial charge in [0.2, 0.25) is 5.91 Å². The third-order valence-corrected chi connectivity index (χ3v) is 3.42. The summed E-state index contributed by atoms with van der Waals surface area (Å²) in [5.74, 6) is 0.313. The van der Waals surface area contributed by atoms with E-state index in [-0.39, 0.29) is 5.41 Å². The molecular weight excluding hydrogens is 212 g/mol. The zero-order chi connectivity index (χ0) is 12.9. The monoisotopic (exact) mass is 240 g/mol. The molecule has 3 heteroatoms. The quantitative estimate of drug-likeness (QED) is 0.818. The Kier molecular flexibility index (Phi) is 5.44. The van der Waals surface area contributed by atoms with Crippen LogP contribution < -0.4 is 5.32 Å². The van der Waals surface area contributed by atoms with Crippen molar-refractivity contribution in [2.45, 2.75) is 59.4 Å². The van der Waals surface area contributed by atoms with E-state index in [1.165, 1.54) is 25.7 Å². The SMILES string of the molecule is CC(C)NCC(C)(C)C(=O)N1CCCCCC1. The summed E-state index contributed by atoms with van der Waals surface area (Å²) >= 11 is 0. The number of hydrogen-bond acceptors (Lipinski definition) is 2. The lowest BCUT2D eigenvalue weighted by Gasteiger charge is -2.32. The van der Waals surface area contributed by atoms with Crippen LogP contribution >= 0.6 is 0 Å². The van der Waals surface area contributed by atoms with Gasteiger partial charge in [-0.1, -0.05) is 26.7 Å². The van der Waals surface area contributed by atoms with Gasteiger partial charge in [0.05, 0.1) is 5.41 Å². The molecule has 0 spiro atoms. The van der Waals surface area contributed by atoms with E-state index < -0.39 is 0 Å². The van der Waals surface area contributed by atoms with Crippen LogP contribution in [0, 0.1) is 5.41 Å². The number of likely N-dealkylation sites (tertiary alicyclic amines) is 1. The number of carbonyl (C=O) groups is 1. The molecule has 1 N–H and O–H groups in total. The Morgan fingerprint density at radius 1 is 1.18 bits per heavy atom. The highest BCUT2D eigenvalue weighted by Crippen LogP contribution is 2.21. The van der Waals surface area contributed by atoms with Gasteiger partial charge in [0.15, 0.2) is 0 Å². The molecule has 1 fully saturated rings. The molecule has 0 atom stereocenters. The summed E-state index contributed by atoms with van der Waals surface area (Å²) in [7, 11) is 0. The first kappa shape index (κ1) is 14.5. The molecule has 1 saturated heterocycles. The first-order valence-corrected chi connectivity index (χ1v) is 6.96. The van der Waals surface area contributed by atoms with Crippen molar-refractivity contribution in [3.8, 4) is 0 Å². The van der Waals surface area contributed by atoms with E-state index in [2.05, 4.69) is 37.9 Å². The number of hydrogen-bond donors (Lipinski definition) is 1. The van der Waals surface area contributed by atoms with E-state index in [0.717, 1.165) is 19.6 Å². The van der Waals surface area contributed by atoms with Crippen molar-refractivity contribution in [1.82, 2.24) is 10.2 Å². The Bertz CT molecular complexity index is 241. The van der Waals surface area contributed by atoms with Crippen molar-refractivity contribution in [2.75, 3.05) is 19.6 Å². The molecule has 17 heavy (non-hydrogen) atoms. The van der Waals surface area contributed by atoms with Crippen LogP contribution in [0.5, 0.6) is 0 Å². The minimum absolute atomic E-state index is 0.283. The minimum Gasteiger partial charge on any atom is -0.342 e. The van der Waals surface area contributed by atoms with Crippen molar-refractivity contribution in [3.63, 3.8) is 0 Å². The van der Waals surface area contributed by atoms with Gasteiger partial charge in [-0.05, 0) is 26.7 Å². The fourth-order valence-corrected chi connectivity index (χ4v) is 2.24. The van der Waals surface area contributed by atoms with Crippen LogP contribution in [-0.4, -0.2) is 36.5 Å². The van der Waals surface area contributed by atoms with Gasteiger partial charge in [0, 0.05) is 25.7 Å². The van der Waals surface area contributed by atoms with Crippen LogP contribution in [0.1, 0.15) is 53.4 Å². The number of nitrogens with zero attached hydrogens (tertiary/aromatic N) is 1. The zero-order valence-electron chi connectivity index (χ0n) is 11.9. The predicted octanol–water partition coefficient (Wildman–Crippen LogP) is 2.41. The molecule has 100 valence electrons. The van der Waals surface area contributed by atoms with Crippen LogP contribution in [0.15, 0.2) is 0 Å². The summed E-state index contributed by atoms with van der Waals surface area (Å²) in [6, 6.07) is 0.436. The number of rotatable bonds is 4. The maximum atomic E-state index is 12.5. The molecular formula is C14H28N2O. The summed E-state index contributed by atoms with van der Waals surface area (Å²) in [5, 5.41) is 3.37. The highest BCUT2D eigenvalue weighted by atomic mass is 16.2. The van der Waals surface area contributed by atoms with Crippen molar-refractivity contribution >= 4 is 5.91 Å². The molecule has 0 saturated carbocycles. The first-order valence-electron chi connectivity index (χ1n) is 6.96. The van der Waals surface area contributed by atoms with Crippen molar-refractivity contribution in [2.24, 2.45) is 5.41 Å². The summed E-state index contributed by atoms with van der Waals surface area (Å²) in [5.41, 5.74) is -0.283. The molecule has 1 rings (SSSR count). The Balaban J connectivity index is 2.53. The molecule has 0 bridgehead atoms. The van der Waals surface area contributed by atoms with Crippen molar-refractivity contribution in [3.05, 3.63) is 0 Å². The van der Waals surface area contributed by atoms with Crippen LogP contribution in [0.25, 0.3) is 0 Å². The lowest BCUT2D eigenvalue weighted by atomic mass is 9.91. The van der Waals surface area contributed by atoms with Gasteiger partial charge in [0.1, 0.15) is 0 Å². The molecule has 1 amide bonds. The van der Waals surface area contributed by atoms with Crippen LogP contribution in [0.4, 0.5) is 0 Å². The van der Waals surface area contributed by atoms with Gasteiger partial charge in [-0.25, -0.2) is 0 Å². The second-order valence-corrected chi connectivity index (χ2v) is 6.13. The fraction of sp³-hybridized carbons (Fsp3) is 0.929. The molecule has 1 aliphatic heterocycles. The highest BCUT2D eigenvalue weighted by molar-refractivity contribution is 5.82. The summed E-state index contributed by atoms with van der Waals surface area (Å²) < 4.78 is 0. The fourth-order valence-electron chi connectivity index (χ4n) is 2.24. The van der Waals surface area contributed by atoms with Crippen LogP contribution in [0.3, 0.4) is 0 Å². The van der Waals surface area contributed by atoms with E-state index in [1.54, 1.807) is 0 Å². The third kappa shape index (κ3) is 4.66. The zero-order valence-corrected chi connectivity index (χ0v) is 11.9. The molecule has 0 aromatic rings. The van der Waals surface area contributed by atoms with Gasteiger partial charge in [-0.2, -0.15) is 0 Å². The molecule has 3 nitrogen and oxygen atoms in total. The van der Waals surface area contributed by atoms with E-state index in [0.29, 0.717) is 11.9 Å². The maximum absolute atomic E-state index is 12.5. The lowest BCUT2D eigenvalue weighted by Crippen LogP contribution is -2.47. The van der Waals surface area contributed by atoms with Gasteiger partial charge in [-0.3, -0.25) is 4.79 Å². The van der Waals surface area contributed by atoms with Crippen molar-refractivity contribution < 1.29 is 4.79 Å². The third-order valence-electron chi connectivity index (χ3n) is 3.42. The molecule has 0 aromatic heterocycles. The van der Waals surface area contributed by atoms with E-state index in [4.69, 9.17) is 0 Å². The largest absolute Gasteiger partial charge is 0.342 e. The number of amides is 1. The number of carbonyl (C=O) groups excluding carboxylic acids is 1. The molecule has 1 heterocycles. The standard InChI is InChI=1S/C14H28N2O/c1-12(2)15-11-14(3,4)13(17)16-9-7-5-6-8-10-16/h12,15H,5-11H2,1-4H3. The van der Waals surface area contributed by atoms with Crippen LogP contribution in [0.2, 0.25) is 0 Å². The highest BCUT2D eigenvalue weighted by Gasteiger charge is 2.31. The second-order valence-electron chi connectivity index (χ2n) is 6.13. The average molecular weight is 240 g/mol. The topological polar surface area (TPSA) is 32.3 Å². The Hall–Kier alpha value is -0.570. The average Bonchev–Trinajstić information content (AvgIpc) is 2.54. The normalized spacial score (nSPS) is 18.3. The maximum Gasteiger partial charge on any atom is 0.229 e. The summed E-state index contributed by atoms with van der Waals surface area (Å²) in [6.45, 7) is 11.0. The van der Waals surface area contributed by atoms with Gasteiger partial charge < -0.3 is 10.2 Å². The summed E-state index contributed by atoms with van der Waals surface area (Å²) in [6.07, 6.45) is 4.88. The number of nitrogens with one attached hydrogen (secondary N) is 1. The van der Waals surface area contributed by atoms with Crippen LogP contribution in [-0.2, 0) is 4.79 Å².